The van der Waals surface area contributed by atoms with Crippen molar-refractivity contribution in [1.82, 2.24) is 14.4 Å². The quantitative estimate of drug-likeness (QED) is 0.0798. The van der Waals surface area contributed by atoms with Crippen molar-refractivity contribution in [3.05, 3.63) is 33.9 Å². The molecule has 0 bridgehead atoms. The minimum atomic E-state index is -1.65. The van der Waals surface area contributed by atoms with E-state index < -0.39 is 131 Å². The van der Waals surface area contributed by atoms with Crippen LogP contribution in [0, 0.1) is 23.6 Å². The van der Waals surface area contributed by atoms with E-state index in [9.17, 15) is 39.3 Å². The molecule has 7 rings (SSSR count). The van der Waals surface area contributed by atoms with E-state index in [0.717, 1.165) is 18.9 Å². The molecule has 5 fully saturated rings. The fourth-order valence-electron chi connectivity index (χ4n) is 12.9. The molecule has 1 aromatic carbocycles. The summed E-state index contributed by atoms with van der Waals surface area (Å²) in [5, 5.41) is 37.2. The van der Waals surface area contributed by atoms with Crippen LogP contribution in [0.15, 0.2) is 17.1 Å². The number of aromatic nitrogens is 1. The summed E-state index contributed by atoms with van der Waals surface area (Å²) < 4.78 is 85.5. The van der Waals surface area contributed by atoms with Gasteiger partial charge in [-0.05, 0) is 114 Å². The molecule has 1 aliphatic carbocycles. The summed E-state index contributed by atoms with van der Waals surface area (Å²) in [5.74, 6) is -5.68. The van der Waals surface area contributed by atoms with Crippen molar-refractivity contribution in [1.29, 1.82) is 0 Å². The molecule has 5 aliphatic rings. The summed E-state index contributed by atoms with van der Waals surface area (Å²) in [6.45, 7) is 18.3. The third kappa shape index (κ3) is 13.8. The minimum absolute atomic E-state index is 0.00841. The lowest BCUT2D eigenvalue weighted by Crippen LogP contribution is -2.61. The van der Waals surface area contributed by atoms with Gasteiger partial charge >= 0.3 is 24.1 Å². The predicted molar refractivity (Wildman–Crippen MR) is 295 cm³/mol. The molecule has 2 aromatic rings. The van der Waals surface area contributed by atoms with Gasteiger partial charge in [0.1, 0.15) is 29.1 Å². The summed E-state index contributed by atoms with van der Waals surface area (Å²) in [6.07, 6.45) is -6.97. The highest BCUT2D eigenvalue weighted by Crippen LogP contribution is 2.45. The second-order valence-corrected chi connectivity index (χ2v) is 24.3. The number of pyridine rings is 1. The van der Waals surface area contributed by atoms with E-state index in [-0.39, 0.29) is 91.9 Å². The number of carbonyl (C=O) groups is 4. The number of aliphatic hydroxyl groups is 2. The van der Waals surface area contributed by atoms with Crippen LogP contribution in [0.2, 0.25) is 0 Å². The molecule has 18 atom stereocenters. The van der Waals surface area contributed by atoms with Gasteiger partial charge in [0.2, 0.25) is 5.43 Å². The number of aromatic carboxylic acids is 1. The summed E-state index contributed by atoms with van der Waals surface area (Å²) in [4.78, 5) is 70.2. The van der Waals surface area contributed by atoms with Gasteiger partial charge in [0.05, 0.1) is 73.6 Å². The Balaban J connectivity index is 1.08. The number of anilines is 1. The van der Waals surface area contributed by atoms with Crippen LogP contribution in [0.5, 0.6) is 5.75 Å². The van der Waals surface area contributed by atoms with Gasteiger partial charge in [-0.3, -0.25) is 19.3 Å². The molecular weight excluding hydrogens is 1080 g/mol. The van der Waals surface area contributed by atoms with E-state index in [1.807, 2.05) is 58.6 Å². The zero-order valence-corrected chi connectivity index (χ0v) is 50.3. The molecule has 0 amide bonds. The molecule has 0 radical (unpaired) electrons. The standard InChI is InChI=1S/C58H89FN4O19/c1-16-40-58(10)50(81-55(70)82-58)33(6)62(13)27-29(2)25-56(8,71)49(80-54-46(66)39(61(11)12)23-30(3)75-54)31(4)47(32(5)53(69)77-40)79-42-26-57(9,73-15)51(34(7)76-42)78-41(64)19-21-74-22-20-60-43-38(59)24-36-44(48(43)72-14)63(35-17-18-35)28-37(45(36)65)52(67)68/h24,28-35,39-40,42,46-47,49-51,54,60,66,71H,16-23,25-27H2,1-15H3,(H,67,68)/t29-,30-,31+,32-,33-,34+,39+,40-,42+,46-,47+,49-,50+,51+,54+,56-,57-,58-/m1/s1. The van der Waals surface area contributed by atoms with Gasteiger partial charge in [0.25, 0.3) is 0 Å². The SMILES string of the molecule is CC[C@H]1OC(=O)[C@H](C)[C@@H](O[C@H]2C[C@@](C)(OC)[C@@H](OC(=O)CCOCCNc3c(F)cc4c(=O)c(C(=O)O)cn(C5CC5)c4c3OC)[C@H](C)O2)[C@H](C)[C@@H](O[C@@H]2O[C@H](C)C[C@H](N(C)C)[C@H]2O)[C@](C)(O)C[C@@H](C)CN(C)[C@H](C)[C@@H]2OC(=O)O[C@]12C. The number of rotatable bonds is 18. The van der Waals surface area contributed by atoms with Gasteiger partial charge in [-0.25, -0.2) is 14.0 Å². The topological polar surface area (TPSA) is 271 Å². The van der Waals surface area contributed by atoms with E-state index in [2.05, 4.69) is 5.32 Å². The number of methoxy groups -OCH3 is 2. The molecule has 24 heteroatoms. The highest BCUT2D eigenvalue weighted by Gasteiger charge is 2.59. The summed E-state index contributed by atoms with van der Waals surface area (Å²) in [5.41, 5.74) is -5.31. The number of fused-ring (bicyclic) bond motifs is 2. The highest BCUT2D eigenvalue weighted by molar-refractivity contribution is 5.97. The Kier molecular flexibility index (Phi) is 20.7. The number of nitrogens with one attached hydrogen (secondary N) is 1. The van der Waals surface area contributed by atoms with E-state index >= 15 is 4.39 Å². The zero-order chi connectivity index (χ0) is 60.5. The Labute approximate surface area is 479 Å². The minimum Gasteiger partial charge on any atom is -0.492 e. The summed E-state index contributed by atoms with van der Waals surface area (Å²) >= 11 is 0. The monoisotopic (exact) mass is 1160 g/mol. The molecule has 23 nitrogen and oxygen atoms in total. The zero-order valence-electron chi connectivity index (χ0n) is 50.3. The lowest BCUT2D eigenvalue weighted by Gasteiger charge is -2.49. The Morgan fingerprint density at radius 1 is 0.963 bits per heavy atom. The third-order valence-electron chi connectivity index (χ3n) is 17.5. The molecule has 0 unspecified atom stereocenters. The molecule has 4 N–H and O–H groups in total. The molecule has 1 saturated carbocycles. The van der Waals surface area contributed by atoms with E-state index in [1.165, 1.54) is 20.4 Å². The molecule has 82 heavy (non-hydrogen) atoms. The van der Waals surface area contributed by atoms with Crippen molar-refractivity contribution in [3.63, 3.8) is 0 Å². The molecule has 5 heterocycles. The number of benzene rings is 1. The fraction of sp³-hybridized carbons (Fsp3) is 0.776. The van der Waals surface area contributed by atoms with E-state index in [0.29, 0.717) is 13.0 Å². The number of ether oxygens (including phenoxy) is 11. The lowest BCUT2D eigenvalue weighted by molar-refractivity contribution is -0.318. The smallest absolute Gasteiger partial charge is 0.492 e. The Morgan fingerprint density at radius 2 is 1.66 bits per heavy atom. The van der Waals surface area contributed by atoms with Crippen LogP contribution >= 0.6 is 0 Å². The Bertz CT molecular complexity index is 2650. The van der Waals surface area contributed by atoms with Crippen molar-refractivity contribution in [2.24, 2.45) is 17.8 Å². The van der Waals surface area contributed by atoms with E-state index in [4.69, 9.17) is 52.1 Å². The van der Waals surface area contributed by atoms with Crippen molar-refractivity contribution >= 4 is 40.7 Å². The number of hydrogen-bond acceptors (Lipinski definition) is 21. The largest absolute Gasteiger partial charge is 0.509 e. The maximum atomic E-state index is 15.6. The number of hydrogen-bond donors (Lipinski definition) is 4. The number of carboxylic acid groups (broad SMARTS) is 1. The van der Waals surface area contributed by atoms with Crippen LogP contribution in [0.1, 0.15) is 131 Å². The normalized spacial score (nSPS) is 37.0. The third-order valence-corrected chi connectivity index (χ3v) is 17.5. The van der Waals surface area contributed by atoms with Crippen molar-refractivity contribution in [2.75, 3.05) is 67.0 Å². The first-order valence-corrected chi connectivity index (χ1v) is 28.7. The van der Waals surface area contributed by atoms with Gasteiger partial charge in [-0.15, -0.1) is 0 Å². The number of carbonyl (C=O) groups excluding carboxylic acids is 3. The van der Waals surface area contributed by atoms with Crippen molar-refractivity contribution < 1.29 is 91.0 Å². The number of nitrogens with zero attached hydrogens (tertiary/aromatic N) is 3. The number of likely N-dealkylation sites (N-methyl/N-ethyl adjacent to an activating group) is 2. The molecular formula is C58H89FN4O19. The maximum Gasteiger partial charge on any atom is 0.509 e. The van der Waals surface area contributed by atoms with Crippen LogP contribution < -0.4 is 15.5 Å². The molecule has 4 aliphatic heterocycles. The Morgan fingerprint density at radius 3 is 2.28 bits per heavy atom. The first-order chi connectivity index (χ1) is 38.5. The second-order valence-electron chi connectivity index (χ2n) is 24.3. The first kappa shape index (κ1) is 64.8. The maximum absolute atomic E-state index is 15.6. The van der Waals surface area contributed by atoms with Crippen LogP contribution in [0.3, 0.4) is 0 Å². The van der Waals surface area contributed by atoms with Crippen LogP contribution in [-0.2, 0) is 57.0 Å². The Hall–Kier alpha value is -4.76. The molecule has 0 spiro atoms. The van der Waals surface area contributed by atoms with Crippen molar-refractivity contribution in [3.8, 4) is 5.75 Å². The van der Waals surface area contributed by atoms with Gasteiger partial charge < -0.3 is 82.2 Å². The number of halogens is 1. The van der Waals surface area contributed by atoms with Crippen LogP contribution in [-0.4, -0.2) is 206 Å². The molecule has 462 valence electrons. The number of cyclic esters (lactones) is 1. The van der Waals surface area contributed by atoms with E-state index in [1.54, 1.807) is 46.1 Å². The number of aliphatic hydroxyl groups excluding tert-OH is 1. The van der Waals surface area contributed by atoms with Crippen LogP contribution in [0.4, 0.5) is 14.9 Å². The van der Waals surface area contributed by atoms with Gasteiger partial charge in [-0.1, -0.05) is 20.8 Å². The average molecular weight is 1170 g/mol. The highest BCUT2D eigenvalue weighted by atomic mass is 19.1. The molecule has 1 aromatic heterocycles. The van der Waals surface area contributed by atoms with Crippen LogP contribution in [0.25, 0.3) is 10.9 Å². The summed E-state index contributed by atoms with van der Waals surface area (Å²) in [6, 6.07) is 0.176. The molecule has 4 saturated heterocycles. The lowest BCUT2D eigenvalue weighted by atomic mass is 9.77. The van der Waals surface area contributed by atoms with Crippen molar-refractivity contribution in [2.45, 2.75) is 211 Å². The van der Waals surface area contributed by atoms with Gasteiger partial charge in [-0.2, -0.15) is 0 Å². The number of carboxylic acids is 1. The van der Waals surface area contributed by atoms with Gasteiger partial charge in [0.15, 0.2) is 42.0 Å². The average Bonchev–Trinajstić information content (AvgIpc) is 2.68. The first-order valence-electron chi connectivity index (χ1n) is 28.7. The number of esters is 2. The predicted octanol–water partition coefficient (Wildman–Crippen LogP) is 5.65. The summed E-state index contributed by atoms with van der Waals surface area (Å²) in [7, 11) is 8.43. The van der Waals surface area contributed by atoms with Gasteiger partial charge in [0, 0.05) is 56.9 Å². The second kappa shape index (κ2) is 26.2. The fourth-order valence-corrected chi connectivity index (χ4v) is 12.9.